The molecule has 0 radical (unpaired) electrons. The van der Waals surface area contributed by atoms with Crippen molar-refractivity contribution in [3.63, 3.8) is 0 Å². The van der Waals surface area contributed by atoms with Crippen molar-refractivity contribution in [1.82, 2.24) is 0 Å². The quantitative estimate of drug-likeness (QED) is 0.733. The lowest BCUT2D eigenvalue weighted by Crippen LogP contribution is -1.99. The van der Waals surface area contributed by atoms with Crippen LogP contribution in [-0.2, 0) is 12.8 Å². The number of furan rings is 1. The lowest BCUT2D eigenvalue weighted by molar-refractivity contribution is 0.487. The van der Waals surface area contributed by atoms with Crippen LogP contribution in [0.5, 0.6) is 0 Å². The van der Waals surface area contributed by atoms with Crippen LogP contribution in [0.3, 0.4) is 0 Å². The van der Waals surface area contributed by atoms with Gasteiger partial charge in [0.05, 0.1) is 0 Å². The third-order valence-corrected chi connectivity index (χ3v) is 3.45. The Kier molecular flexibility index (Phi) is 2.60. The Morgan fingerprint density at radius 2 is 1.82 bits per heavy atom. The van der Waals surface area contributed by atoms with Gasteiger partial charge in [-0.05, 0) is 19.3 Å². The second-order valence-corrected chi connectivity index (χ2v) is 4.52. The van der Waals surface area contributed by atoms with Crippen LogP contribution in [0.4, 0.5) is 0 Å². The highest BCUT2D eigenvalue weighted by atomic mass is 16.3. The summed E-state index contributed by atoms with van der Waals surface area (Å²) >= 11 is 0. The van der Waals surface area contributed by atoms with Crippen molar-refractivity contribution >= 4 is 6.08 Å². The molecular formula is C16H16O. The fourth-order valence-electron chi connectivity index (χ4n) is 2.61. The topological polar surface area (TPSA) is 13.1 Å². The SMILES string of the molecule is C=Cc1c(-c2ccccc2)oc2c1CCCC2. The predicted octanol–water partition coefficient (Wildman–Crippen LogP) is 4.47. The Morgan fingerprint density at radius 3 is 2.59 bits per heavy atom. The molecule has 0 spiro atoms. The summed E-state index contributed by atoms with van der Waals surface area (Å²) in [4.78, 5) is 0. The maximum Gasteiger partial charge on any atom is 0.141 e. The summed E-state index contributed by atoms with van der Waals surface area (Å²) in [6.45, 7) is 3.94. The standard InChI is InChI=1S/C16H16O/c1-2-13-14-10-6-7-11-15(14)17-16(13)12-8-4-3-5-9-12/h2-5,8-9H,1,6-7,10-11H2. The van der Waals surface area contributed by atoms with Gasteiger partial charge in [-0.2, -0.15) is 0 Å². The van der Waals surface area contributed by atoms with Crippen molar-refractivity contribution in [2.75, 3.05) is 0 Å². The highest BCUT2D eigenvalue weighted by molar-refractivity contribution is 5.73. The molecule has 0 N–H and O–H groups in total. The van der Waals surface area contributed by atoms with E-state index in [1.165, 1.54) is 29.7 Å². The summed E-state index contributed by atoms with van der Waals surface area (Å²) in [7, 11) is 0. The minimum atomic E-state index is 0.993. The van der Waals surface area contributed by atoms with Crippen LogP contribution < -0.4 is 0 Å². The number of benzene rings is 1. The molecule has 0 unspecified atom stereocenters. The van der Waals surface area contributed by atoms with Gasteiger partial charge < -0.3 is 4.42 Å². The Morgan fingerprint density at radius 1 is 1.06 bits per heavy atom. The highest BCUT2D eigenvalue weighted by Gasteiger charge is 2.21. The molecule has 0 fully saturated rings. The van der Waals surface area contributed by atoms with Gasteiger partial charge in [-0.1, -0.05) is 43.0 Å². The molecule has 0 saturated carbocycles. The smallest absolute Gasteiger partial charge is 0.141 e. The first-order valence-corrected chi connectivity index (χ1v) is 6.22. The lowest BCUT2D eigenvalue weighted by atomic mass is 9.94. The van der Waals surface area contributed by atoms with Crippen molar-refractivity contribution in [1.29, 1.82) is 0 Å². The van der Waals surface area contributed by atoms with Crippen LogP contribution in [0.25, 0.3) is 17.4 Å². The van der Waals surface area contributed by atoms with E-state index in [2.05, 4.69) is 18.7 Å². The number of hydrogen-bond acceptors (Lipinski definition) is 1. The Labute approximate surface area is 102 Å². The molecule has 1 nitrogen and oxygen atoms in total. The molecule has 17 heavy (non-hydrogen) atoms. The monoisotopic (exact) mass is 224 g/mol. The Bertz CT molecular complexity index is 534. The molecule has 0 saturated heterocycles. The summed E-state index contributed by atoms with van der Waals surface area (Å²) in [5.41, 5.74) is 3.73. The van der Waals surface area contributed by atoms with Gasteiger partial charge in [0, 0.05) is 23.1 Å². The summed E-state index contributed by atoms with van der Waals surface area (Å²) < 4.78 is 6.04. The van der Waals surface area contributed by atoms with Gasteiger partial charge in [0.25, 0.3) is 0 Å². The van der Waals surface area contributed by atoms with E-state index in [0.717, 1.165) is 24.2 Å². The van der Waals surface area contributed by atoms with Crippen LogP contribution in [0.15, 0.2) is 41.3 Å². The van der Waals surface area contributed by atoms with Crippen molar-refractivity contribution in [3.05, 3.63) is 53.8 Å². The number of hydrogen-bond donors (Lipinski definition) is 0. The normalized spacial score (nSPS) is 14.4. The third-order valence-electron chi connectivity index (χ3n) is 3.45. The first-order valence-electron chi connectivity index (χ1n) is 6.22. The van der Waals surface area contributed by atoms with E-state index >= 15 is 0 Å². The van der Waals surface area contributed by atoms with Gasteiger partial charge >= 0.3 is 0 Å². The molecule has 0 bridgehead atoms. The van der Waals surface area contributed by atoms with E-state index in [1.807, 2.05) is 24.3 Å². The van der Waals surface area contributed by atoms with Crippen molar-refractivity contribution in [3.8, 4) is 11.3 Å². The Balaban J connectivity index is 2.17. The van der Waals surface area contributed by atoms with Crippen molar-refractivity contribution in [2.24, 2.45) is 0 Å². The summed E-state index contributed by atoms with van der Waals surface area (Å²) in [6.07, 6.45) is 6.65. The van der Waals surface area contributed by atoms with E-state index in [0.29, 0.717) is 0 Å². The van der Waals surface area contributed by atoms with Gasteiger partial charge in [-0.3, -0.25) is 0 Å². The molecule has 1 heterocycles. The number of rotatable bonds is 2. The summed E-state index contributed by atoms with van der Waals surface area (Å²) in [5, 5.41) is 0. The van der Waals surface area contributed by atoms with E-state index in [-0.39, 0.29) is 0 Å². The maximum absolute atomic E-state index is 6.04. The highest BCUT2D eigenvalue weighted by Crippen LogP contribution is 2.36. The fraction of sp³-hybridized carbons (Fsp3) is 0.250. The first-order chi connectivity index (χ1) is 8.40. The molecule has 0 aliphatic heterocycles. The van der Waals surface area contributed by atoms with E-state index in [9.17, 15) is 0 Å². The molecule has 1 aliphatic rings. The average molecular weight is 224 g/mol. The van der Waals surface area contributed by atoms with Crippen LogP contribution in [-0.4, -0.2) is 0 Å². The molecule has 1 aromatic carbocycles. The molecule has 0 atom stereocenters. The van der Waals surface area contributed by atoms with Gasteiger partial charge in [-0.25, -0.2) is 0 Å². The minimum Gasteiger partial charge on any atom is -0.460 e. The maximum atomic E-state index is 6.04. The van der Waals surface area contributed by atoms with Crippen LogP contribution >= 0.6 is 0 Å². The Hall–Kier alpha value is -1.76. The lowest BCUT2D eigenvalue weighted by Gasteiger charge is -2.08. The number of aryl methyl sites for hydroxylation is 1. The molecule has 1 aliphatic carbocycles. The van der Waals surface area contributed by atoms with E-state index < -0.39 is 0 Å². The van der Waals surface area contributed by atoms with Gasteiger partial charge in [0.1, 0.15) is 11.5 Å². The first kappa shape index (κ1) is 10.4. The van der Waals surface area contributed by atoms with E-state index in [4.69, 9.17) is 4.42 Å². The zero-order valence-corrected chi connectivity index (χ0v) is 9.91. The minimum absolute atomic E-state index is 0.993. The second kappa shape index (κ2) is 4.25. The van der Waals surface area contributed by atoms with Gasteiger partial charge in [0.15, 0.2) is 0 Å². The molecule has 1 heteroatoms. The molecule has 3 rings (SSSR count). The molecule has 86 valence electrons. The van der Waals surface area contributed by atoms with Crippen LogP contribution in [0.2, 0.25) is 0 Å². The zero-order valence-electron chi connectivity index (χ0n) is 9.91. The largest absolute Gasteiger partial charge is 0.460 e. The van der Waals surface area contributed by atoms with Crippen molar-refractivity contribution < 1.29 is 4.42 Å². The van der Waals surface area contributed by atoms with E-state index in [1.54, 1.807) is 0 Å². The third kappa shape index (κ3) is 1.72. The zero-order chi connectivity index (χ0) is 11.7. The predicted molar refractivity (Wildman–Crippen MR) is 70.9 cm³/mol. The molecule has 1 aromatic heterocycles. The molecular weight excluding hydrogens is 208 g/mol. The number of fused-ring (bicyclic) bond motifs is 1. The van der Waals surface area contributed by atoms with Crippen LogP contribution in [0, 0.1) is 0 Å². The fourth-order valence-corrected chi connectivity index (χ4v) is 2.61. The molecule has 2 aromatic rings. The van der Waals surface area contributed by atoms with Gasteiger partial charge in [-0.15, -0.1) is 0 Å². The molecule has 0 amide bonds. The summed E-state index contributed by atoms with van der Waals surface area (Å²) in [6, 6.07) is 10.3. The van der Waals surface area contributed by atoms with Crippen molar-refractivity contribution in [2.45, 2.75) is 25.7 Å². The van der Waals surface area contributed by atoms with Gasteiger partial charge in [0.2, 0.25) is 0 Å². The second-order valence-electron chi connectivity index (χ2n) is 4.52. The average Bonchev–Trinajstić information content (AvgIpc) is 2.78. The summed E-state index contributed by atoms with van der Waals surface area (Å²) in [5.74, 6) is 2.16. The van der Waals surface area contributed by atoms with Crippen LogP contribution in [0.1, 0.15) is 29.7 Å².